The van der Waals surface area contributed by atoms with Crippen LogP contribution >= 0.6 is 12.2 Å². The van der Waals surface area contributed by atoms with Crippen LogP contribution in [-0.2, 0) is 0 Å². The van der Waals surface area contributed by atoms with Crippen LogP contribution in [0.25, 0.3) is 0 Å². The average Bonchev–Trinajstić information content (AvgIpc) is 1.88. The smallest absolute Gasteiger partial charge is 0.257 e. The summed E-state index contributed by atoms with van der Waals surface area (Å²) in [7, 11) is 0. The van der Waals surface area contributed by atoms with Gasteiger partial charge in [-0.15, -0.1) is 0 Å². The van der Waals surface area contributed by atoms with Crippen molar-refractivity contribution in [1.29, 1.82) is 0 Å². The fourth-order valence-electron chi connectivity index (χ4n) is 0.635. The highest BCUT2D eigenvalue weighted by atomic mass is 32.1. The fraction of sp³-hybridized carbons (Fsp3) is 0. The standard InChI is InChI=1S/C7H6FNS/c8-7(10)9-6-4-2-1-3-5-6/h1-5H,(H,9,10). The van der Waals surface area contributed by atoms with Gasteiger partial charge in [-0.2, -0.15) is 4.39 Å². The third-order valence-electron chi connectivity index (χ3n) is 1.02. The maximum Gasteiger partial charge on any atom is 0.257 e. The summed E-state index contributed by atoms with van der Waals surface area (Å²) in [6.07, 6.45) is 0. The van der Waals surface area contributed by atoms with Crippen LogP contribution in [0, 0.1) is 0 Å². The molecule has 0 aliphatic rings. The SMILES string of the molecule is FC(=S)Nc1ccccc1. The first-order valence-electron chi connectivity index (χ1n) is 2.80. The molecule has 0 saturated carbocycles. The van der Waals surface area contributed by atoms with Gasteiger partial charge in [-0.05, 0) is 24.4 Å². The van der Waals surface area contributed by atoms with Crippen LogP contribution < -0.4 is 5.32 Å². The number of anilines is 1. The zero-order valence-corrected chi connectivity index (χ0v) is 5.99. The second kappa shape index (κ2) is 3.27. The zero-order chi connectivity index (χ0) is 7.40. The van der Waals surface area contributed by atoms with Crippen LogP contribution in [0.15, 0.2) is 30.3 Å². The summed E-state index contributed by atoms with van der Waals surface area (Å²) in [4.78, 5) is 0. The molecular formula is C7H6FNS. The van der Waals surface area contributed by atoms with Gasteiger partial charge in [0.2, 0.25) is 0 Å². The zero-order valence-electron chi connectivity index (χ0n) is 5.17. The number of hydrogen-bond acceptors (Lipinski definition) is 1. The highest BCUT2D eigenvalue weighted by Crippen LogP contribution is 2.04. The van der Waals surface area contributed by atoms with Gasteiger partial charge in [0.15, 0.2) is 0 Å². The van der Waals surface area contributed by atoms with Gasteiger partial charge >= 0.3 is 0 Å². The Morgan fingerprint density at radius 2 is 1.90 bits per heavy atom. The number of para-hydroxylation sites is 1. The molecule has 1 N–H and O–H groups in total. The Hall–Kier alpha value is -0.960. The summed E-state index contributed by atoms with van der Waals surface area (Å²) in [6.45, 7) is 0. The average molecular weight is 155 g/mol. The Labute approximate surface area is 63.9 Å². The topological polar surface area (TPSA) is 12.0 Å². The first kappa shape index (κ1) is 7.15. The van der Waals surface area contributed by atoms with E-state index in [4.69, 9.17) is 0 Å². The molecule has 1 rings (SSSR count). The summed E-state index contributed by atoms with van der Waals surface area (Å²) in [6, 6.07) is 8.95. The Morgan fingerprint density at radius 3 is 2.40 bits per heavy atom. The maximum absolute atomic E-state index is 12.0. The lowest BCUT2D eigenvalue weighted by molar-refractivity contribution is 0.827. The van der Waals surface area contributed by atoms with Gasteiger partial charge in [-0.1, -0.05) is 18.2 Å². The Kier molecular flexibility index (Phi) is 2.34. The number of thiocarbonyl (C=S) groups is 1. The molecule has 52 valence electrons. The predicted octanol–water partition coefficient (Wildman–Crippen LogP) is 2.35. The van der Waals surface area contributed by atoms with Crippen molar-refractivity contribution in [3.05, 3.63) is 30.3 Å². The van der Waals surface area contributed by atoms with E-state index in [9.17, 15) is 4.39 Å². The number of rotatable bonds is 1. The van der Waals surface area contributed by atoms with Crippen molar-refractivity contribution in [3.63, 3.8) is 0 Å². The van der Waals surface area contributed by atoms with Gasteiger partial charge < -0.3 is 5.32 Å². The van der Waals surface area contributed by atoms with Crippen LogP contribution in [0.2, 0.25) is 0 Å². The lowest BCUT2D eigenvalue weighted by Crippen LogP contribution is -2.00. The molecule has 0 heterocycles. The van der Waals surface area contributed by atoms with Crippen molar-refractivity contribution in [2.24, 2.45) is 0 Å². The fourth-order valence-corrected chi connectivity index (χ4v) is 0.753. The number of nitrogens with one attached hydrogen (secondary N) is 1. The minimum absolute atomic E-state index is 0.676. The van der Waals surface area contributed by atoms with Gasteiger partial charge in [-0.3, -0.25) is 0 Å². The Morgan fingerprint density at radius 1 is 1.30 bits per heavy atom. The lowest BCUT2D eigenvalue weighted by atomic mass is 10.3. The van der Waals surface area contributed by atoms with Crippen LogP contribution in [0.5, 0.6) is 0 Å². The van der Waals surface area contributed by atoms with Crippen molar-refractivity contribution < 1.29 is 4.39 Å². The minimum atomic E-state index is -0.703. The van der Waals surface area contributed by atoms with Gasteiger partial charge in [0.1, 0.15) is 0 Å². The Bertz CT molecular complexity index is 222. The molecule has 0 atom stereocenters. The number of halogens is 1. The van der Waals surface area contributed by atoms with Gasteiger partial charge in [-0.25, -0.2) is 0 Å². The third kappa shape index (κ3) is 2.11. The molecule has 0 unspecified atom stereocenters. The molecule has 1 aromatic rings. The van der Waals surface area contributed by atoms with Crippen LogP contribution in [0.3, 0.4) is 0 Å². The summed E-state index contributed by atoms with van der Waals surface area (Å²) in [5.41, 5.74) is 0.676. The van der Waals surface area contributed by atoms with Crippen molar-refractivity contribution in [1.82, 2.24) is 0 Å². The van der Waals surface area contributed by atoms with E-state index < -0.39 is 5.24 Å². The highest BCUT2D eigenvalue weighted by molar-refractivity contribution is 7.80. The van der Waals surface area contributed by atoms with Crippen molar-refractivity contribution in [2.75, 3.05) is 5.32 Å². The largest absolute Gasteiger partial charge is 0.323 e. The van der Waals surface area contributed by atoms with Crippen LogP contribution in [0.4, 0.5) is 10.1 Å². The Balaban J connectivity index is 2.67. The molecule has 1 aromatic carbocycles. The molecule has 0 aliphatic heterocycles. The maximum atomic E-state index is 12.0. The molecule has 0 fully saturated rings. The number of hydrogen-bond donors (Lipinski definition) is 1. The van der Waals surface area contributed by atoms with E-state index in [1.807, 2.05) is 6.07 Å². The van der Waals surface area contributed by atoms with Gasteiger partial charge in [0, 0.05) is 5.69 Å². The first-order valence-corrected chi connectivity index (χ1v) is 3.21. The van der Waals surface area contributed by atoms with Crippen molar-refractivity contribution >= 4 is 23.1 Å². The normalized spacial score (nSPS) is 8.90. The van der Waals surface area contributed by atoms with E-state index in [0.717, 1.165) is 0 Å². The second-order valence-electron chi connectivity index (χ2n) is 1.76. The molecular weight excluding hydrogens is 149 g/mol. The molecule has 3 heteroatoms. The van der Waals surface area contributed by atoms with Crippen LogP contribution in [-0.4, -0.2) is 5.24 Å². The van der Waals surface area contributed by atoms with Gasteiger partial charge in [0.05, 0.1) is 0 Å². The lowest BCUT2D eigenvalue weighted by Gasteiger charge is -1.97. The van der Waals surface area contributed by atoms with E-state index in [-0.39, 0.29) is 0 Å². The van der Waals surface area contributed by atoms with Crippen LogP contribution in [0.1, 0.15) is 0 Å². The molecule has 0 aromatic heterocycles. The number of benzene rings is 1. The van der Waals surface area contributed by atoms with E-state index in [1.54, 1.807) is 24.3 Å². The second-order valence-corrected chi connectivity index (χ2v) is 2.12. The summed E-state index contributed by atoms with van der Waals surface area (Å²) in [5, 5.41) is 1.67. The van der Waals surface area contributed by atoms with Crippen molar-refractivity contribution in [2.45, 2.75) is 0 Å². The summed E-state index contributed by atoms with van der Waals surface area (Å²) < 4.78 is 12.0. The first-order chi connectivity index (χ1) is 4.79. The van der Waals surface area contributed by atoms with E-state index in [2.05, 4.69) is 17.5 Å². The molecule has 0 radical (unpaired) electrons. The predicted molar refractivity (Wildman–Crippen MR) is 43.8 cm³/mol. The minimum Gasteiger partial charge on any atom is -0.323 e. The molecule has 0 saturated heterocycles. The van der Waals surface area contributed by atoms with E-state index in [0.29, 0.717) is 5.69 Å². The highest BCUT2D eigenvalue weighted by Gasteiger charge is 1.90. The van der Waals surface area contributed by atoms with E-state index >= 15 is 0 Å². The van der Waals surface area contributed by atoms with Gasteiger partial charge in [0.25, 0.3) is 5.24 Å². The summed E-state index contributed by atoms with van der Waals surface area (Å²) in [5.74, 6) is 0. The monoisotopic (exact) mass is 155 g/mol. The molecule has 0 spiro atoms. The quantitative estimate of drug-likeness (QED) is 0.379. The third-order valence-corrected chi connectivity index (χ3v) is 1.12. The van der Waals surface area contributed by atoms with Crippen molar-refractivity contribution in [3.8, 4) is 0 Å². The molecule has 0 aliphatic carbocycles. The summed E-state index contributed by atoms with van der Waals surface area (Å²) >= 11 is 4.20. The van der Waals surface area contributed by atoms with E-state index in [1.165, 1.54) is 0 Å². The molecule has 0 amide bonds. The molecule has 1 nitrogen and oxygen atoms in total. The molecule has 10 heavy (non-hydrogen) atoms. The molecule has 0 bridgehead atoms.